The van der Waals surface area contributed by atoms with Gasteiger partial charge in [0.25, 0.3) is 0 Å². The predicted octanol–water partition coefficient (Wildman–Crippen LogP) is 1.53. The average Bonchev–Trinajstić information content (AvgIpc) is 2.78. The molecule has 0 aromatic heterocycles. The summed E-state index contributed by atoms with van der Waals surface area (Å²) in [7, 11) is 1.33. The molecular formula is C22H26O9. The van der Waals surface area contributed by atoms with Gasteiger partial charge in [0.05, 0.1) is 12.2 Å². The number of fused-ring (bicyclic) bond motifs is 1. The molecule has 2 aliphatic rings. The van der Waals surface area contributed by atoms with Gasteiger partial charge in [0.1, 0.15) is 6.10 Å². The van der Waals surface area contributed by atoms with E-state index in [1.165, 1.54) is 7.11 Å². The smallest absolute Gasteiger partial charge is 0.338 e. The molecule has 0 bridgehead atoms. The molecule has 2 aliphatic heterocycles. The van der Waals surface area contributed by atoms with Crippen molar-refractivity contribution in [2.75, 3.05) is 13.7 Å². The van der Waals surface area contributed by atoms with Gasteiger partial charge in [0.2, 0.25) is 0 Å². The molecule has 1 aromatic carbocycles. The minimum absolute atomic E-state index is 0.0926. The number of carbonyl (C=O) groups excluding carboxylic acids is 3. The van der Waals surface area contributed by atoms with E-state index < -0.39 is 55.2 Å². The summed E-state index contributed by atoms with van der Waals surface area (Å²) in [6.07, 6.45) is -1.13. The highest BCUT2D eigenvalue weighted by Gasteiger charge is 2.52. The number of aliphatic hydroxyl groups is 1. The number of benzene rings is 1. The van der Waals surface area contributed by atoms with E-state index in [-0.39, 0.29) is 18.4 Å². The van der Waals surface area contributed by atoms with Crippen LogP contribution in [0.3, 0.4) is 0 Å². The van der Waals surface area contributed by atoms with E-state index in [1.54, 1.807) is 42.5 Å². The molecule has 168 valence electrons. The quantitative estimate of drug-likeness (QED) is 0.428. The van der Waals surface area contributed by atoms with Crippen molar-refractivity contribution in [1.29, 1.82) is 0 Å². The standard InChI is InChI=1S/C22H26O9/c1-27-22-20(31-21(26)14-9-5-4-6-10-14)19-18(15(13-23)28-22)29-16(24)11-7-2-3-8-12-17(25)30-19/h2-6,9-10,15,18-20,22-23H,7-8,11-13H2,1H3/t15-,18+,19+,20-,22+/m1/s1. The Morgan fingerprint density at radius 2 is 1.65 bits per heavy atom. The second kappa shape index (κ2) is 11.0. The van der Waals surface area contributed by atoms with Crippen LogP contribution in [-0.4, -0.2) is 67.4 Å². The molecule has 1 fully saturated rings. The zero-order valence-corrected chi connectivity index (χ0v) is 17.2. The summed E-state index contributed by atoms with van der Waals surface area (Å²) in [6, 6.07) is 8.25. The molecule has 3 rings (SSSR count). The highest BCUT2D eigenvalue weighted by molar-refractivity contribution is 5.89. The normalized spacial score (nSPS) is 29.5. The van der Waals surface area contributed by atoms with Gasteiger partial charge in [-0.25, -0.2) is 4.79 Å². The van der Waals surface area contributed by atoms with Crippen LogP contribution >= 0.6 is 0 Å². The van der Waals surface area contributed by atoms with Crippen LogP contribution in [0.1, 0.15) is 36.0 Å². The number of aliphatic hydroxyl groups excluding tert-OH is 1. The van der Waals surface area contributed by atoms with E-state index in [1.807, 2.05) is 0 Å². The van der Waals surface area contributed by atoms with Crippen molar-refractivity contribution in [3.63, 3.8) is 0 Å². The second-order valence-electron chi connectivity index (χ2n) is 7.15. The molecule has 1 saturated heterocycles. The first-order chi connectivity index (χ1) is 15.0. The lowest BCUT2D eigenvalue weighted by Crippen LogP contribution is -2.62. The van der Waals surface area contributed by atoms with E-state index in [9.17, 15) is 19.5 Å². The van der Waals surface area contributed by atoms with Crippen LogP contribution in [0.2, 0.25) is 0 Å². The van der Waals surface area contributed by atoms with Crippen molar-refractivity contribution in [3.05, 3.63) is 48.0 Å². The summed E-state index contributed by atoms with van der Waals surface area (Å²) in [4.78, 5) is 37.5. The summed E-state index contributed by atoms with van der Waals surface area (Å²) in [5, 5.41) is 9.80. The van der Waals surface area contributed by atoms with Crippen molar-refractivity contribution >= 4 is 17.9 Å². The van der Waals surface area contributed by atoms with Crippen LogP contribution in [0.25, 0.3) is 0 Å². The second-order valence-corrected chi connectivity index (χ2v) is 7.15. The highest BCUT2D eigenvalue weighted by Crippen LogP contribution is 2.30. The molecule has 0 unspecified atom stereocenters. The Balaban J connectivity index is 1.92. The SMILES string of the molecule is CO[C@H]1O[C@H](CO)[C@@H]2OC(=O)CCC=CCCC(=O)O[C@@H]2[C@H]1OC(=O)c1ccccc1. The summed E-state index contributed by atoms with van der Waals surface area (Å²) in [6.45, 7) is -0.523. The fraction of sp³-hybridized carbons (Fsp3) is 0.500. The molecule has 5 atom stereocenters. The molecule has 0 amide bonds. The van der Waals surface area contributed by atoms with E-state index in [0.29, 0.717) is 12.8 Å². The average molecular weight is 434 g/mol. The van der Waals surface area contributed by atoms with Crippen LogP contribution in [0, 0.1) is 0 Å². The number of hydrogen-bond donors (Lipinski definition) is 1. The van der Waals surface area contributed by atoms with Crippen LogP contribution in [0.5, 0.6) is 0 Å². The molecule has 1 N–H and O–H groups in total. The molecule has 2 heterocycles. The number of hydrogen-bond acceptors (Lipinski definition) is 9. The van der Waals surface area contributed by atoms with Gasteiger partial charge in [-0.1, -0.05) is 30.4 Å². The first kappa shape index (κ1) is 22.9. The lowest BCUT2D eigenvalue weighted by atomic mass is 9.98. The van der Waals surface area contributed by atoms with Gasteiger partial charge >= 0.3 is 17.9 Å². The Bertz CT molecular complexity index is 791. The largest absolute Gasteiger partial charge is 0.455 e. The number of allylic oxidation sites excluding steroid dienone is 2. The van der Waals surface area contributed by atoms with Gasteiger partial charge in [-0.2, -0.15) is 0 Å². The maximum Gasteiger partial charge on any atom is 0.338 e. The first-order valence-electron chi connectivity index (χ1n) is 10.1. The van der Waals surface area contributed by atoms with Gasteiger partial charge in [-0.05, 0) is 25.0 Å². The zero-order valence-electron chi connectivity index (χ0n) is 17.2. The Morgan fingerprint density at radius 3 is 2.23 bits per heavy atom. The Labute approximate surface area is 179 Å². The topological polar surface area (TPSA) is 118 Å². The highest BCUT2D eigenvalue weighted by atomic mass is 16.7. The van der Waals surface area contributed by atoms with Gasteiger partial charge in [-0.3, -0.25) is 9.59 Å². The van der Waals surface area contributed by atoms with Crippen molar-refractivity contribution in [3.8, 4) is 0 Å². The first-order valence-corrected chi connectivity index (χ1v) is 10.1. The summed E-state index contributed by atoms with van der Waals surface area (Å²) < 4.78 is 27.7. The van der Waals surface area contributed by atoms with Crippen molar-refractivity contribution in [1.82, 2.24) is 0 Å². The lowest BCUT2D eigenvalue weighted by molar-refractivity contribution is -0.298. The molecule has 0 aliphatic carbocycles. The van der Waals surface area contributed by atoms with Crippen LogP contribution in [0.15, 0.2) is 42.5 Å². The molecule has 0 saturated carbocycles. The van der Waals surface area contributed by atoms with Crippen LogP contribution in [-0.2, 0) is 33.3 Å². The molecule has 9 nitrogen and oxygen atoms in total. The maximum absolute atomic E-state index is 12.7. The Kier molecular flexibility index (Phi) is 8.16. The number of rotatable bonds is 4. The Morgan fingerprint density at radius 1 is 1.03 bits per heavy atom. The fourth-order valence-corrected chi connectivity index (χ4v) is 3.44. The lowest BCUT2D eigenvalue weighted by Gasteiger charge is -2.43. The van der Waals surface area contributed by atoms with Crippen molar-refractivity contribution in [2.45, 2.75) is 56.4 Å². The molecule has 9 heteroatoms. The van der Waals surface area contributed by atoms with Crippen LogP contribution in [0.4, 0.5) is 0 Å². The van der Waals surface area contributed by atoms with E-state index >= 15 is 0 Å². The molecule has 0 spiro atoms. The summed E-state index contributed by atoms with van der Waals surface area (Å²) in [5.74, 6) is -1.80. The van der Waals surface area contributed by atoms with Crippen molar-refractivity contribution < 1.29 is 43.2 Å². The van der Waals surface area contributed by atoms with Gasteiger partial charge in [0, 0.05) is 20.0 Å². The third-order valence-corrected chi connectivity index (χ3v) is 4.99. The molecule has 1 aromatic rings. The summed E-state index contributed by atoms with van der Waals surface area (Å²) >= 11 is 0. The molecular weight excluding hydrogens is 408 g/mol. The number of ether oxygens (including phenoxy) is 5. The van der Waals surface area contributed by atoms with E-state index in [0.717, 1.165) is 0 Å². The third-order valence-electron chi connectivity index (χ3n) is 4.99. The number of methoxy groups -OCH3 is 1. The monoisotopic (exact) mass is 434 g/mol. The van der Waals surface area contributed by atoms with Gasteiger partial charge in [0.15, 0.2) is 24.6 Å². The minimum atomic E-state index is -1.22. The predicted molar refractivity (Wildman–Crippen MR) is 106 cm³/mol. The zero-order chi connectivity index (χ0) is 22.2. The van der Waals surface area contributed by atoms with Crippen LogP contribution < -0.4 is 0 Å². The number of carbonyl (C=O) groups is 3. The summed E-state index contributed by atoms with van der Waals surface area (Å²) in [5.41, 5.74) is 0.278. The molecule has 31 heavy (non-hydrogen) atoms. The number of esters is 3. The van der Waals surface area contributed by atoms with Crippen molar-refractivity contribution in [2.24, 2.45) is 0 Å². The van der Waals surface area contributed by atoms with E-state index in [2.05, 4.69) is 0 Å². The Hall–Kier alpha value is -2.75. The maximum atomic E-state index is 12.7. The molecule has 0 radical (unpaired) electrons. The van der Waals surface area contributed by atoms with Gasteiger partial charge in [-0.15, -0.1) is 0 Å². The fourth-order valence-electron chi connectivity index (χ4n) is 3.44. The third kappa shape index (κ3) is 5.90. The van der Waals surface area contributed by atoms with E-state index in [4.69, 9.17) is 23.7 Å². The minimum Gasteiger partial charge on any atom is -0.455 e. The van der Waals surface area contributed by atoms with Gasteiger partial charge < -0.3 is 28.8 Å².